The number of piperidine rings is 1. The molecule has 1 saturated heterocycles. The Hall–Kier alpha value is -2.97. The van der Waals surface area contributed by atoms with E-state index < -0.39 is 18.8 Å². The highest BCUT2D eigenvalue weighted by Crippen LogP contribution is 2.34. The molecule has 0 radical (unpaired) electrons. The molecule has 0 amide bonds. The van der Waals surface area contributed by atoms with Crippen LogP contribution in [0.2, 0.25) is 0 Å². The molecule has 3 heterocycles. The number of alkyl halides is 3. The van der Waals surface area contributed by atoms with Crippen LogP contribution in [0, 0.1) is 6.92 Å². The highest BCUT2D eigenvalue weighted by atomic mass is 19.4. The molecule has 1 aromatic carbocycles. The monoisotopic (exact) mass is 406 g/mol. The van der Waals surface area contributed by atoms with Gasteiger partial charge in [0.1, 0.15) is 12.4 Å². The van der Waals surface area contributed by atoms with Crippen LogP contribution in [-0.2, 0) is 4.84 Å². The largest absolute Gasteiger partial charge is 0.495 e. The average molecular weight is 406 g/mol. The van der Waals surface area contributed by atoms with Crippen molar-refractivity contribution in [3.8, 4) is 11.4 Å². The van der Waals surface area contributed by atoms with Crippen molar-refractivity contribution in [3.63, 3.8) is 0 Å². The van der Waals surface area contributed by atoms with Gasteiger partial charge in [-0.2, -0.15) is 13.2 Å². The van der Waals surface area contributed by atoms with E-state index in [0.29, 0.717) is 25.1 Å². The van der Waals surface area contributed by atoms with Crippen molar-refractivity contribution in [2.45, 2.75) is 32.0 Å². The van der Waals surface area contributed by atoms with Crippen LogP contribution in [-0.4, -0.2) is 52.8 Å². The minimum absolute atomic E-state index is 0.262. The molecule has 0 N–H and O–H groups in total. The lowest BCUT2D eigenvalue weighted by molar-refractivity contribution is -0.192. The lowest BCUT2D eigenvalue weighted by atomic mass is 9.98. The summed E-state index contributed by atoms with van der Waals surface area (Å²) in [6, 6.07) is 3.97. The molecule has 6 nitrogen and oxygen atoms in total. The molecule has 2 aliphatic heterocycles. The van der Waals surface area contributed by atoms with Crippen LogP contribution in [0.5, 0.6) is 5.75 Å². The summed E-state index contributed by atoms with van der Waals surface area (Å²) < 4.78 is 47.4. The first kappa shape index (κ1) is 19.4. The number of hydrogen-bond acceptors (Lipinski definition) is 5. The van der Waals surface area contributed by atoms with Crippen molar-refractivity contribution in [2.75, 3.05) is 20.3 Å². The summed E-state index contributed by atoms with van der Waals surface area (Å²) in [4.78, 5) is 10.4. The zero-order chi connectivity index (χ0) is 20.6. The van der Waals surface area contributed by atoms with Crippen molar-refractivity contribution in [1.82, 2.24) is 14.5 Å². The van der Waals surface area contributed by atoms with Gasteiger partial charge in [0.2, 0.25) is 0 Å². The van der Waals surface area contributed by atoms with Crippen LogP contribution in [0.15, 0.2) is 41.5 Å². The average Bonchev–Trinajstić information content (AvgIpc) is 3.13. The maximum absolute atomic E-state index is 13.4. The maximum atomic E-state index is 13.4. The number of nitrogens with zero attached hydrogens (tertiary/aromatic N) is 4. The molecule has 0 saturated carbocycles. The van der Waals surface area contributed by atoms with E-state index in [0.717, 1.165) is 22.5 Å². The number of aryl methyl sites for hydroxylation is 1. The van der Waals surface area contributed by atoms with Crippen molar-refractivity contribution in [2.24, 2.45) is 5.16 Å². The highest BCUT2D eigenvalue weighted by molar-refractivity contribution is 6.03. The first-order valence-corrected chi connectivity index (χ1v) is 9.30. The van der Waals surface area contributed by atoms with Crippen molar-refractivity contribution in [3.05, 3.63) is 47.6 Å². The third-order valence-electron chi connectivity index (χ3n) is 5.08. The second kappa shape index (κ2) is 7.46. The summed E-state index contributed by atoms with van der Waals surface area (Å²) in [6.07, 6.45) is 2.33. The number of methoxy groups -OCH3 is 1. The summed E-state index contributed by atoms with van der Waals surface area (Å²) in [7, 11) is 1.58. The molecule has 0 aliphatic carbocycles. The van der Waals surface area contributed by atoms with Crippen LogP contribution in [0.1, 0.15) is 24.1 Å². The van der Waals surface area contributed by atoms with Crippen LogP contribution >= 0.6 is 0 Å². The molecule has 1 aromatic heterocycles. The molecule has 2 aromatic rings. The Balaban J connectivity index is 1.66. The predicted molar refractivity (Wildman–Crippen MR) is 102 cm³/mol. The molecular formula is C20H21F3N4O2. The summed E-state index contributed by atoms with van der Waals surface area (Å²) in [5.41, 5.74) is 3.25. The second-order valence-corrected chi connectivity index (χ2v) is 7.09. The minimum atomic E-state index is -4.36. The van der Waals surface area contributed by atoms with Crippen LogP contribution < -0.4 is 4.74 Å². The van der Waals surface area contributed by atoms with Gasteiger partial charge in [-0.25, -0.2) is 4.98 Å². The van der Waals surface area contributed by atoms with E-state index in [2.05, 4.69) is 10.1 Å². The van der Waals surface area contributed by atoms with Gasteiger partial charge in [0, 0.05) is 12.7 Å². The fourth-order valence-electron chi connectivity index (χ4n) is 3.67. The number of fused-ring (bicyclic) bond motifs is 1. The van der Waals surface area contributed by atoms with Gasteiger partial charge in [-0.05, 0) is 49.1 Å². The fraction of sp³-hybridized carbons (Fsp3) is 0.400. The molecule has 2 aliphatic rings. The number of benzene rings is 1. The van der Waals surface area contributed by atoms with Gasteiger partial charge in [-0.15, -0.1) is 0 Å². The SMILES string of the molecule is COc1cc(C=C2CCCN3C2=NOCC3C(F)(F)F)ccc1-n1cnc(C)c1. The van der Waals surface area contributed by atoms with E-state index in [-0.39, 0.29) is 5.84 Å². The number of ether oxygens (including phenoxy) is 1. The number of halogens is 3. The van der Waals surface area contributed by atoms with E-state index in [4.69, 9.17) is 9.57 Å². The standard InChI is InChI=1S/C20H21F3N4O2/c1-13-10-26(12-24-13)16-6-5-14(9-17(16)28-2)8-15-4-3-7-27-18(20(21,22)23)11-29-25-19(15)27/h5-6,8-10,12,18H,3-4,7,11H2,1-2H3. The number of aromatic nitrogens is 2. The van der Waals surface area contributed by atoms with E-state index in [1.54, 1.807) is 13.4 Å². The number of hydrogen-bond donors (Lipinski definition) is 0. The van der Waals surface area contributed by atoms with Gasteiger partial charge in [0.25, 0.3) is 0 Å². The number of imidazole rings is 1. The minimum Gasteiger partial charge on any atom is -0.495 e. The molecular weight excluding hydrogens is 385 g/mol. The molecule has 9 heteroatoms. The zero-order valence-electron chi connectivity index (χ0n) is 16.1. The van der Waals surface area contributed by atoms with Gasteiger partial charge < -0.3 is 19.0 Å². The Morgan fingerprint density at radius 2 is 2.14 bits per heavy atom. The van der Waals surface area contributed by atoms with E-state index in [1.807, 2.05) is 42.0 Å². The van der Waals surface area contributed by atoms with E-state index in [9.17, 15) is 13.2 Å². The van der Waals surface area contributed by atoms with Gasteiger partial charge in [0.15, 0.2) is 11.9 Å². The number of oxime groups is 1. The van der Waals surface area contributed by atoms with Gasteiger partial charge >= 0.3 is 6.18 Å². The van der Waals surface area contributed by atoms with Crippen LogP contribution in [0.4, 0.5) is 13.2 Å². The van der Waals surface area contributed by atoms with Crippen LogP contribution in [0.3, 0.4) is 0 Å². The quantitative estimate of drug-likeness (QED) is 0.775. The molecule has 1 unspecified atom stereocenters. The van der Waals surface area contributed by atoms with Gasteiger partial charge in [-0.1, -0.05) is 11.2 Å². The number of rotatable bonds is 3. The molecule has 1 atom stereocenters. The van der Waals surface area contributed by atoms with Crippen LogP contribution in [0.25, 0.3) is 11.8 Å². The van der Waals surface area contributed by atoms with Crippen molar-refractivity contribution < 1.29 is 22.7 Å². The Bertz CT molecular complexity index is 965. The van der Waals surface area contributed by atoms with E-state index >= 15 is 0 Å². The Kier molecular flexibility index (Phi) is 4.97. The van der Waals surface area contributed by atoms with E-state index in [1.165, 1.54) is 4.90 Å². The fourth-order valence-corrected chi connectivity index (χ4v) is 3.67. The first-order valence-electron chi connectivity index (χ1n) is 9.30. The molecule has 29 heavy (non-hydrogen) atoms. The molecule has 4 rings (SSSR count). The first-order chi connectivity index (χ1) is 13.9. The topological polar surface area (TPSA) is 51.9 Å². The summed E-state index contributed by atoms with van der Waals surface area (Å²) in [5.74, 6) is 0.900. The van der Waals surface area contributed by atoms with Crippen molar-refractivity contribution >= 4 is 11.9 Å². The number of amidine groups is 1. The highest BCUT2D eigenvalue weighted by Gasteiger charge is 2.48. The Morgan fingerprint density at radius 1 is 1.31 bits per heavy atom. The molecule has 0 bridgehead atoms. The third-order valence-corrected chi connectivity index (χ3v) is 5.08. The third kappa shape index (κ3) is 3.81. The molecule has 0 spiro atoms. The Morgan fingerprint density at radius 3 is 2.83 bits per heavy atom. The second-order valence-electron chi connectivity index (χ2n) is 7.09. The van der Waals surface area contributed by atoms with Gasteiger partial charge in [0.05, 0.1) is 24.8 Å². The molecule has 1 fully saturated rings. The maximum Gasteiger partial charge on any atom is 0.412 e. The lowest BCUT2D eigenvalue weighted by Gasteiger charge is -2.40. The summed E-state index contributed by atoms with van der Waals surface area (Å²) in [5, 5.41) is 3.93. The predicted octanol–water partition coefficient (Wildman–Crippen LogP) is 3.94. The summed E-state index contributed by atoms with van der Waals surface area (Å²) >= 11 is 0. The van der Waals surface area contributed by atoms with Crippen molar-refractivity contribution in [1.29, 1.82) is 0 Å². The summed E-state index contributed by atoms with van der Waals surface area (Å²) in [6.45, 7) is 1.73. The smallest absolute Gasteiger partial charge is 0.412 e. The normalized spacial score (nSPS) is 20.9. The molecule has 154 valence electrons. The van der Waals surface area contributed by atoms with Gasteiger partial charge in [-0.3, -0.25) is 0 Å². The lowest BCUT2D eigenvalue weighted by Crippen LogP contribution is -2.55. The Labute approximate surface area is 166 Å². The zero-order valence-corrected chi connectivity index (χ0v) is 16.1.